The van der Waals surface area contributed by atoms with Gasteiger partial charge in [-0.25, -0.2) is 0 Å². The molecule has 1 aromatic carbocycles. The summed E-state index contributed by atoms with van der Waals surface area (Å²) in [5.41, 5.74) is 1.89. The van der Waals surface area contributed by atoms with Gasteiger partial charge in [0.05, 0.1) is 25.4 Å². The van der Waals surface area contributed by atoms with Gasteiger partial charge in [-0.1, -0.05) is 12.1 Å². The van der Waals surface area contributed by atoms with E-state index >= 15 is 0 Å². The number of esters is 1. The Morgan fingerprint density at radius 2 is 2.00 bits per heavy atom. The number of benzene rings is 1. The van der Waals surface area contributed by atoms with Gasteiger partial charge in [0.15, 0.2) is 0 Å². The maximum absolute atomic E-state index is 12.8. The Hall–Kier alpha value is -2.80. The van der Waals surface area contributed by atoms with Crippen LogP contribution in [0.1, 0.15) is 38.0 Å². The van der Waals surface area contributed by atoms with Gasteiger partial charge in [0, 0.05) is 18.8 Å². The molecule has 0 spiro atoms. The molecule has 1 N–H and O–H groups in total. The van der Waals surface area contributed by atoms with E-state index in [1.54, 1.807) is 6.26 Å². The molecule has 1 aliphatic rings. The number of carbonyl (C=O) groups is 2. The van der Waals surface area contributed by atoms with E-state index in [2.05, 4.69) is 5.32 Å². The molecule has 0 bridgehead atoms. The Morgan fingerprint density at radius 3 is 2.70 bits per heavy atom. The first-order valence-corrected chi connectivity index (χ1v) is 10.5. The zero-order valence-corrected chi connectivity index (χ0v) is 17.6. The monoisotopic (exact) mass is 414 g/mol. The van der Waals surface area contributed by atoms with Crippen molar-refractivity contribution in [3.05, 3.63) is 54.0 Å². The smallest absolute Gasteiger partial charge is 0.309 e. The Balaban J connectivity index is 1.46. The van der Waals surface area contributed by atoms with E-state index in [-0.39, 0.29) is 23.8 Å². The van der Waals surface area contributed by atoms with Crippen molar-refractivity contribution in [1.82, 2.24) is 4.90 Å². The normalized spacial score (nSPS) is 15.6. The third-order valence-electron chi connectivity index (χ3n) is 5.20. The highest BCUT2D eigenvalue weighted by molar-refractivity contribution is 5.84. The van der Waals surface area contributed by atoms with Crippen molar-refractivity contribution >= 4 is 17.6 Å². The van der Waals surface area contributed by atoms with Gasteiger partial charge in [0.1, 0.15) is 18.4 Å². The van der Waals surface area contributed by atoms with E-state index in [4.69, 9.17) is 13.9 Å². The summed E-state index contributed by atoms with van der Waals surface area (Å²) < 4.78 is 16.0. The fourth-order valence-electron chi connectivity index (χ4n) is 3.60. The molecular formula is C23H30N2O5. The number of anilines is 1. The molecule has 2 aromatic rings. The van der Waals surface area contributed by atoms with Crippen LogP contribution in [0.15, 0.2) is 47.1 Å². The molecule has 1 atom stereocenters. The molecule has 0 aliphatic carbocycles. The fraction of sp³-hybridized carbons (Fsp3) is 0.478. The topological polar surface area (TPSA) is 81.0 Å². The molecule has 1 aromatic heterocycles. The highest BCUT2D eigenvalue weighted by Gasteiger charge is 2.30. The number of piperidine rings is 1. The molecule has 7 nitrogen and oxygen atoms in total. The maximum Gasteiger partial charge on any atom is 0.309 e. The van der Waals surface area contributed by atoms with Gasteiger partial charge >= 0.3 is 5.97 Å². The SMILES string of the molecule is CCOC(=O)C1CCN(C(=O)C(C)Nc2cccc(COCc3ccco3)c2)CC1. The number of nitrogens with zero attached hydrogens (tertiary/aromatic N) is 1. The fourth-order valence-corrected chi connectivity index (χ4v) is 3.60. The molecule has 2 heterocycles. The lowest BCUT2D eigenvalue weighted by Crippen LogP contribution is -2.46. The van der Waals surface area contributed by atoms with Gasteiger partial charge in [-0.3, -0.25) is 9.59 Å². The van der Waals surface area contributed by atoms with E-state index in [1.807, 2.05) is 55.1 Å². The van der Waals surface area contributed by atoms with Crippen LogP contribution in [-0.4, -0.2) is 42.5 Å². The molecule has 7 heteroatoms. The minimum absolute atomic E-state index is 0.0387. The van der Waals surface area contributed by atoms with Crippen LogP contribution < -0.4 is 5.32 Å². The number of furan rings is 1. The highest BCUT2D eigenvalue weighted by Crippen LogP contribution is 2.20. The Morgan fingerprint density at radius 1 is 1.20 bits per heavy atom. The van der Waals surface area contributed by atoms with Gasteiger partial charge in [-0.05, 0) is 56.5 Å². The van der Waals surface area contributed by atoms with Crippen molar-refractivity contribution in [2.45, 2.75) is 45.9 Å². The van der Waals surface area contributed by atoms with Crippen molar-refractivity contribution in [2.75, 3.05) is 25.0 Å². The summed E-state index contributed by atoms with van der Waals surface area (Å²) in [4.78, 5) is 26.5. The van der Waals surface area contributed by atoms with E-state index in [9.17, 15) is 9.59 Å². The van der Waals surface area contributed by atoms with E-state index in [1.165, 1.54) is 0 Å². The number of carbonyl (C=O) groups excluding carboxylic acids is 2. The van der Waals surface area contributed by atoms with Crippen LogP contribution in [0.25, 0.3) is 0 Å². The van der Waals surface area contributed by atoms with Crippen molar-refractivity contribution in [2.24, 2.45) is 5.92 Å². The molecule has 1 aliphatic heterocycles. The third kappa shape index (κ3) is 6.10. The van der Waals surface area contributed by atoms with Gasteiger partial charge in [0.25, 0.3) is 0 Å². The number of ether oxygens (including phenoxy) is 2. The number of rotatable bonds is 9. The molecular weight excluding hydrogens is 384 g/mol. The van der Waals surface area contributed by atoms with Crippen LogP contribution in [0.5, 0.6) is 0 Å². The molecule has 1 fully saturated rings. The molecule has 1 unspecified atom stereocenters. The summed E-state index contributed by atoms with van der Waals surface area (Å²) in [5.74, 6) is 0.573. The second kappa shape index (κ2) is 10.8. The Labute approximate surface area is 177 Å². The predicted molar refractivity (Wildman–Crippen MR) is 113 cm³/mol. The van der Waals surface area contributed by atoms with Gasteiger partial charge < -0.3 is 24.1 Å². The summed E-state index contributed by atoms with van der Waals surface area (Å²) >= 11 is 0. The lowest BCUT2D eigenvalue weighted by Gasteiger charge is -2.33. The third-order valence-corrected chi connectivity index (χ3v) is 5.20. The maximum atomic E-state index is 12.8. The van der Waals surface area contributed by atoms with Gasteiger partial charge in [-0.15, -0.1) is 0 Å². The minimum atomic E-state index is -0.358. The first-order chi connectivity index (χ1) is 14.6. The zero-order chi connectivity index (χ0) is 21.3. The van der Waals surface area contributed by atoms with E-state index in [0.717, 1.165) is 17.0 Å². The summed E-state index contributed by atoms with van der Waals surface area (Å²) in [5, 5.41) is 3.28. The second-order valence-electron chi connectivity index (χ2n) is 7.49. The Bertz CT molecular complexity index is 813. The van der Waals surface area contributed by atoms with Crippen LogP contribution in [0.4, 0.5) is 5.69 Å². The average Bonchev–Trinajstić information content (AvgIpc) is 3.27. The van der Waals surface area contributed by atoms with Crippen molar-refractivity contribution in [1.29, 1.82) is 0 Å². The van der Waals surface area contributed by atoms with Crippen molar-refractivity contribution < 1.29 is 23.5 Å². The number of likely N-dealkylation sites (tertiary alicyclic amines) is 1. The molecule has 1 saturated heterocycles. The van der Waals surface area contributed by atoms with E-state index < -0.39 is 0 Å². The summed E-state index contributed by atoms with van der Waals surface area (Å²) in [6.45, 7) is 6.10. The number of hydrogen-bond donors (Lipinski definition) is 1. The average molecular weight is 415 g/mol. The first-order valence-electron chi connectivity index (χ1n) is 10.5. The second-order valence-corrected chi connectivity index (χ2v) is 7.49. The largest absolute Gasteiger partial charge is 0.467 e. The van der Waals surface area contributed by atoms with Crippen LogP contribution in [-0.2, 0) is 32.3 Å². The molecule has 3 rings (SSSR count). The Kier molecular flexibility index (Phi) is 7.90. The zero-order valence-electron chi connectivity index (χ0n) is 17.6. The van der Waals surface area contributed by atoms with Crippen molar-refractivity contribution in [3.8, 4) is 0 Å². The standard InChI is InChI=1S/C23H30N2O5/c1-3-29-23(27)19-9-11-25(12-10-19)22(26)17(2)24-20-7-4-6-18(14-20)15-28-16-21-8-5-13-30-21/h4-8,13-14,17,19,24H,3,9-12,15-16H2,1-2H3. The van der Waals surface area contributed by atoms with Crippen LogP contribution in [0.2, 0.25) is 0 Å². The van der Waals surface area contributed by atoms with Gasteiger partial charge in [0.2, 0.25) is 5.91 Å². The van der Waals surface area contributed by atoms with Gasteiger partial charge in [-0.2, -0.15) is 0 Å². The molecule has 0 saturated carbocycles. The highest BCUT2D eigenvalue weighted by atomic mass is 16.5. The van der Waals surface area contributed by atoms with Crippen LogP contribution >= 0.6 is 0 Å². The summed E-state index contributed by atoms with van der Waals surface area (Å²) in [6.07, 6.45) is 2.93. The predicted octanol–water partition coefficient (Wildman–Crippen LogP) is 3.60. The summed E-state index contributed by atoms with van der Waals surface area (Å²) in [6, 6.07) is 11.2. The van der Waals surface area contributed by atoms with Crippen LogP contribution in [0.3, 0.4) is 0 Å². The lowest BCUT2D eigenvalue weighted by molar-refractivity contribution is -0.151. The summed E-state index contributed by atoms with van der Waals surface area (Å²) in [7, 11) is 0. The van der Waals surface area contributed by atoms with E-state index in [0.29, 0.717) is 45.8 Å². The number of amides is 1. The molecule has 162 valence electrons. The lowest BCUT2D eigenvalue weighted by atomic mass is 9.96. The van der Waals surface area contributed by atoms with Crippen molar-refractivity contribution in [3.63, 3.8) is 0 Å². The number of nitrogens with one attached hydrogen (secondary N) is 1. The number of hydrogen-bond acceptors (Lipinski definition) is 6. The van der Waals surface area contributed by atoms with Crippen LogP contribution in [0, 0.1) is 5.92 Å². The molecule has 30 heavy (non-hydrogen) atoms. The quantitative estimate of drug-likeness (QED) is 0.632. The molecule has 0 radical (unpaired) electrons. The first kappa shape index (κ1) is 21.9. The minimum Gasteiger partial charge on any atom is -0.467 e. The molecule has 1 amide bonds.